The summed E-state index contributed by atoms with van der Waals surface area (Å²) in [6.07, 6.45) is 0.487. The molecule has 0 bridgehead atoms. The number of ether oxygens (including phenoxy) is 2. The van der Waals surface area contributed by atoms with Gasteiger partial charge in [0.05, 0.1) is 34.7 Å². The molecule has 1 aromatic carbocycles. The summed E-state index contributed by atoms with van der Waals surface area (Å²) in [5.41, 5.74) is 0.318. The lowest BCUT2D eigenvalue weighted by atomic mass is 9.98. The number of nitrogens with zero attached hydrogens (tertiary/aromatic N) is 1. The third-order valence-corrected chi connectivity index (χ3v) is 7.38. The van der Waals surface area contributed by atoms with Gasteiger partial charge in [0.1, 0.15) is 12.4 Å². The summed E-state index contributed by atoms with van der Waals surface area (Å²) in [5, 5.41) is 5.03. The van der Waals surface area contributed by atoms with E-state index in [-0.39, 0.29) is 55.3 Å². The van der Waals surface area contributed by atoms with Crippen molar-refractivity contribution in [3.8, 4) is 0 Å². The Kier molecular flexibility index (Phi) is 7.69. The van der Waals surface area contributed by atoms with Gasteiger partial charge >= 0.3 is 18.0 Å². The van der Waals surface area contributed by atoms with Gasteiger partial charge in [0.2, 0.25) is 10.0 Å². The van der Waals surface area contributed by atoms with Crippen molar-refractivity contribution >= 4 is 28.0 Å². The van der Waals surface area contributed by atoms with E-state index in [2.05, 4.69) is 10.6 Å². The zero-order valence-electron chi connectivity index (χ0n) is 18.3. The molecule has 0 spiro atoms. The summed E-state index contributed by atoms with van der Waals surface area (Å²) >= 11 is 0. The van der Waals surface area contributed by atoms with Crippen molar-refractivity contribution in [3.63, 3.8) is 0 Å². The molecule has 0 saturated carbocycles. The minimum absolute atomic E-state index is 0.0147. The number of urea groups is 1. The maximum absolute atomic E-state index is 13.1. The first kappa shape index (κ1) is 24.6. The Balaban J connectivity index is 1.60. The standard InChI is InChI=1S/C21H26FN3O7S/c1-3-31-20(27)18-13(2)23-21(28)24-17(18)12-32-19(26)14-8-10-25(11-9-14)33(29,30)16-6-4-15(22)5-7-16/h4-7,13-14H,3,8-12H2,1-2H3,(H2,23,24,28)/t13-/m0/s1. The SMILES string of the molecule is CCOC(=O)C1=C(COC(=O)C2CCN(S(=O)(=O)c3ccc(F)cc3)CC2)NC(=O)N[C@H]1C. The number of benzene rings is 1. The van der Waals surface area contributed by atoms with E-state index in [1.807, 2.05) is 0 Å². The smallest absolute Gasteiger partial charge is 0.338 e. The molecule has 0 aromatic heterocycles. The molecule has 2 aliphatic rings. The summed E-state index contributed by atoms with van der Waals surface area (Å²) in [7, 11) is -3.79. The Bertz CT molecular complexity index is 1050. The Morgan fingerprint density at radius 1 is 1.15 bits per heavy atom. The molecule has 2 amide bonds. The third kappa shape index (κ3) is 5.69. The van der Waals surface area contributed by atoms with Crippen LogP contribution in [0.2, 0.25) is 0 Å². The Morgan fingerprint density at radius 3 is 2.39 bits per heavy atom. The number of halogens is 1. The van der Waals surface area contributed by atoms with Crippen LogP contribution in [0.1, 0.15) is 26.7 Å². The van der Waals surface area contributed by atoms with Crippen LogP contribution in [0.15, 0.2) is 40.4 Å². The van der Waals surface area contributed by atoms with E-state index >= 15 is 0 Å². The van der Waals surface area contributed by atoms with E-state index in [4.69, 9.17) is 9.47 Å². The van der Waals surface area contributed by atoms with Gasteiger partial charge in [-0.2, -0.15) is 4.31 Å². The highest BCUT2D eigenvalue weighted by Gasteiger charge is 2.34. The third-order valence-electron chi connectivity index (χ3n) is 5.46. The van der Waals surface area contributed by atoms with Gasteiger partial charge < -0.3 is 20.1 Å². The molecule has 2 aliphatic heterocycles. The molecular formula is C21H26FN3O7S. The fourth-order valence-corrected chi connectivity index (χ4v) is 5.21. The Labute approximate surface area is 191 Å². The summed E-state index contributed by atoms with van der Waals surface area (Å²) < 4.78 is 50.1. The van der Waals surface area contributed by atoms with Crippen LogP contribution in [-0.4, -0.2) is 63.0 Å². The molecule has 2 heterocycles. The van der Waals surface area contributed by atoms with Gasteiger partial charge in [0, 0.05) is 13.1 Å². The van der Waals surface area contributed by atoms with Crippen molar-refractivity contribution in [1.29, 1.82) is 0 Å². The molecular weight excluding hydrogens is 457 g/mol. The lowest BCUT2D eigenvalue weighted by Crippen LogP contribution is -2.50. The van der Waals surface area contributed by atoms with Crippen LogP contribution in [0.4, 0.5) is 9.18 Å². The number of amides is 2. The number of carbonyl (C=O) groups is 3. The fraction of sp³-hybridized carbons (Fsp3) is 0.476. The molecule has 180 valence electrons. The molecule has 0 radical (unpaired) electrons. The summed E-state index contributed by atoms with van der Waals surface area (Å²) in [6.45, 7) is 3.31. The van der Waals surface area contributed by atoms with Crippen molar-refractivity contribution in [3.05, 3.63) is 41.4 Å². The summed E-state index contributed by atoms with van der Waals surface area (Å²) in [4.78, 5) is 36.6. The van der Waals surface area contributed by atoms with Gasteiger partial charge in [-0.15, -0.1) is 0 Å². The maximum Gasteiger partial charge on any atom is 0.338 e. The molecule has 1 atom stereocenters. The lowest BCUT2D eigenvalue weighted by molar-refractivity contribution is -0.149. The minimum Gasteiger partial charge on any atom is -0.463 e. The van der Waals surface area contributed by atoms with Crippen molar-refractivity contribution in [2.24, 2.45) is 5.92 Å². The molecule has 33 heavy (non-hydrogen) atoms. The first-order chi connectivity index (χ1) is 15.6. The van der Waals surface area contributed by atoms with Crippen LogP contribution in [0.3, 0.4) is 0 Å². The maximum atomic E-state index is 13.1. The van der Waals surface area contributed by atoms with Crippen LogP contribution in [0, 0.1) is 11.7 Å². The average molecular weight is 484 g/mol. The van der Waals surface area contributed by atoms with E-state index < -0.39 is 45.8 Å². The first-order valence-corrected chi connectivity index (χ1v) is 12.0. The average Bonchev–Trinajstić information content (AvgIpc) is 2.77. The van der Waals surface area contributed by atoms with Crippen molar-refractivity contribution in [2.75, 3.05) is 26.3 Å². The first-order valence-electron chi connectivity index (χ1n) is 10.5. The van der Waals surface area contributed by atoms with E-state index in [0.29, 0.717) is 0 Å². The summed E-state index contributed by atoms with van der Waals surface area (Å²) in [6, 6.07) is 3.42. The van der Waals surface area contributed by atoms with E-state index in [0.717, 1.165) is 12.1 Å². The monoisotopic (exact) mass is 483 g/mol. The molecule has 0 aliphatic carbocycles. The lowest BCUT2D eigenvalue weighted by Gasteiger charge is -2.30. The predicted molar refractivity (Wildman–Crippen MR) is 114 cm³/mol. The number of sulfonamides is 1. The second kappa shape index (κ2) is 10.3. The summed E-state index contributed by atoms with van der Waals surface area (Å²) in [5.74, 6) is -2.24. The number of esters is 2. The minimum atomic E-state index is -3.79. The van der Waals surface area contributed by atoms with Crippen molar-refractivity contribution < 1.29 is 36.7 Å². The number of hydrogen-bond donors (Lipinski definition) is 2. The molecule has 2 N–H and O–H groups in total. The van der Waals surface area contributed by atoms with E-state index in [9.17, 15) is 27.2 Å². The topological polar surface area (TPSA) is 131 Å². The van der Waals surface area contributed by atoms with Gasteiger partial charge in [0.25, 0.3) is 0 Å². The van der Waals surface area contributed by atoms with Crippen LogP contribution in [0.25, 0.3) is 0 Å². The Morgan fingerprint density at radius 2 is 1.79 bits per heavy atom. The van der Waals surface area contributed by atoms with Crippen LogP contribution < -0.4 is 10.6 Å². The van der Waals surface area contributed by atoms with Gasteiger partial charge in [-0.25, -0.2) is 22.4 Å². The second-order valence-corrected chi connectivity index (χ2v) is 9.61. The number of piperidine rings is 1. The number of rotatable bonds is 7. The molecule has 1 saturated heterocycles. The van der Waals surface area contributed by atoms with Gasteiger partial charge in [-0.3, -0.25) is 4.79 Å². The van der Waals surface area contributed by atoms with E-state index in [1.54, 1.807) is 13.8 Å². The van der Waals surface area contributed by atoms with Crippen molar-refractivity contribution in [2.45, 2.75) is 37.6 Å². The predicted octanol–water partition coefficient (Wildman–Crippen LogP) is 1.29. The van der Waals surface area contributed by atoms with Gasteiger partial charge in [-0.05, 0) is 51.0 Å². The second-order valence-electron chi connectivity index (χ2n) is 7.67. The fourth-order valence-electron chi connectivity index (χ4n) is 3.74. The molecule has 1 aromatic rings. The molecule has 3 rings (SSSR count). The normalized spacial score (nSPS) is 20.1. The molecule has 12 heteroatoms. The zero-order valence-corrected chi connectivity index (χ0v) is 19.1. The molecule has 1 fully saturated rings. The number of carbonyl (C=O) groups excluding carboxylic acids is 3. The van der Waals surface area contributed by atoms with Crippen LogP contribution >= 0.6 is 0 Å². The Hall–Kier alpha value is -2.99. The quantitative estimate of drug-likeness (QED) is 0.559. The van der Waals surface area contributed by atoms with Crippen LogP contribution in [0.5, 0.6) is 0 Å². The highest BCUT2D eigenvalue weighted by molar-refractivity contribution is 7.89. The van der Waals surface area contributed by atoms with Gasteiger partial charge in [0.15, 0.2) is 0 Å². The molecule has 10 nitrogen and oxygen atoms in total. The molecule has 0 unspecified atom stereocenters. The number of hydrogen-bond acceptors (Lipinski definition) is 7. The highest BCUT2D eigenvalue weighted by atomic mass is 32.2. The highest BCUT2D eigenvalue weighted by Crippen LogP contribution is 2.25. The zero-order chi connectivity index (χ0) is 24.2. The number of nitrogens with one attached hydrogen (secondary N) is 2. The van der Waals surface area contributed by atoms with Crippen molar-refractivity contribution in [1.82, 2.24) is 14.9 Å². The largest absolute Gasteiger partial charge is 0.463 e. The van der Waals surface area contributed by atoms with E-state index in [1.165, 1.54) is 16.4 Å². The van der Waals surface area contributed by atoms with Gasteiger partial charge in [-0.1, -0.05) is 0 Å². The van der Waals surface area contributed by atoms with Crippen LogP contribution in [-0.2, 0) is 29.1 Å².